The predicted octanol–water partition coefficient (Wildman–Crippen LogP) is 11.9. The van der Waals surface area contributed by atoms with E-state index in [0.29, 0.717) is 17.2 Å². The van der Waals surface area contributed by atoms with Gasteiger partial charge in [-0.15, -0.1) is 41.5 Å². The molecule has 3 aromatic carbocycles. The molecule has 10 heteroatoms. The Morgan fingerprint density at radius 2 is 1.53 bits per heavy atom. The van der Waals surface area contributed by atoms with E-state index in [1.165, 1.54) is 34.0 Å². The second-order valence-corrected chi connectivity index (χ2v) is 21.8. The molecule has 0 aliphatic heterocycles. The van der Waals surface area contributed by atoms with Gasteiger partial charge in [-0.3, -0.25) is 19.3 Å². The van der Waals surface area contributed by atoms with E-state index in [1.807, 2.05) is 50.5 Å². The zero-order chi connectivity index (χ0) is 41.6. The Labute approximate surface area is 365 Å². The second-order valence-electron chi connectivity index (χ2n) is 16.8. The minimum atomic E-state index is -1.41. The van der Waals surface area contributed by atoms with Crippen molar-refractivity contribution in [1.82, 2.24) is 29.5 Å². The summed E-state index contributed by atoms with van der Waals surface area (Å²) in [7, 11) is -1.41. The molecule has 0 N–H and O–H groups in total. The van der Waals surface area contributed by atoms with Crippen LogP contribution in [0.25, 0.3) is 72.7 Å². The summed E-state index contributed by atoms with van der Waals surface area (Å²) in [5.74, 6) is 1.07. The van der Waals surface area contributed by atoms with Crippen molar-refractivity contribution in [2.24, 2.45) is 5.92 Å². The van der Waals surface area contributed by atoms with Crippen molar-refractivity contribution in [2.45, 2.75) is 67.6 Å². The van der Waals surface area contributed by atoms with Crippen LogP contribution in [0.15, 0.2) is 108 Å². The van der Waals surface area contributed by atoms with Gasteiger partial charge in [0.1, 0.15) is 0 Å². The molecule has 0 unspecified atom stereocenters. The summed E-state index contributed by atoms with van der Waals surface area (Å²) in [4.78, 5) is 23.5. The minimum Gasteiger partial charge on any atom is -0.499 e. The Morgan fingerprint density at radius 3 is 2.22 bits per heavy atom. The molecule has 0 bridgehead atoms. The van der Waals surface area contributed by atoms with Gasteiger partial charge in [0.15, 0.2) is 0 Å². The third kappa shape index (κ3) is 8.50. The van der Waals surface area contributed by atoms with Crippen LogP contribution >= 0.6 is 0 Å². The number of aryl methyl sites for hydroxylation is 4. The molecule has 0 fully saturated rings. The van der Waals surface area contributed by atoms with Gasteiger partial charge in [-0.1, -0.05) is 75.5 Å². The number of pyridine rings is 4. The normalized spacial score (nSPS) is 11.6. The largest absolute Gasteiger partial charge is 0.499 e. The fraction of sp³-hybridized carbons (Fsp3) is 0.220. The fourth-order valence-electron chi connectivity index (χ4n) is 7.82. The zero-order valence-electron chi connectivity index (χ0n) is 35.4. The van der Waals surface area contributed by atoms with Crippen molar-refractivity contribution < 1.29 is 28.9 Å². The van der Waals surface area contributed by atoms with Crippen LogP contribution in [0.1, 0.15) is 41.9 Å². The Bertz CT molecular complexity index is 2970. The van der Waals surface area contributed by atoms with E-state index in [9.17, 15) is 4.39 Å². The van der Waals surface area contributed by atoms with Gasteiger partial charge in [-0.25, -0.2) is 4.98 Å². The van der Waals surface area contributed by atoms with E-state index in [-0.39, 0.29) is 25.9 Å². The van der Waals surface area contributed by atoms with E-state index < -0.39 is 8.07 Å². The molecule has 0 aliphatic carbocycles. The Morgan fingerprint density at radius 1 is 0.783 bits per heavy atom. The molecule has 9 rings (SSSR count). The summed E-state index contributed by atoms with van der Waals surface area (Å²) >= 11 is 0. The summed E-state index contributed by atoms with van der Waals surface area (Å²) in [5, 5.41) is 2.29. The molecule has 9 aromatic rings. The predicted molar refractivity (Wildman–Crippen MR) is 240 cm³/mol. The molecular weight excluding hydrogens is 940 g/mol. The SMILES string of the molecule is CC(C)Cc1cc(-c2[c-]cc(F)cc2)ncc1[Si](C)(C)C.Cc1cc2nc(-c3[c-]cnc4c3oc3nc(C)ccc34)n(-c3c(C)cc(-c4ccccc4)cc3C)c2cn1.[Ir]. The summed E-state index contributed by atoms with van der Waals surface area (Å²) in [6.07, 6.45) is 6.66. The van der Waals surface area contributed by atoms with E-state index in [0.717, 1.165) is 79.2 Å². The summed E-state index contributed by atoms with van der Waals surface area (Å²) in [6.45, 7) is 19.7. The smallest absolute Gasteiger partial charge is 0.215 e. The summed E-state index contributed by atoms with van der Waals surface area (Å²) in [6, 6.07) is 33.9. The molecule has 305 valence electrons. The van der Waals surface area contributed by atoms with Crippen LogP contribution in [-0.4, -0.2) is 37.6 Å². The molecule has 6 aromatic heterocycles. The molecular formula is C50H47FIrN6OSi-2. The van der Waals surface area contributed by atoms with Crippen molar-refractivity contribution in [3.05, 3.63) is 150 Å². The van der Waals surface area contributed by atoms with E-state index in [2.05, 4.69) is 126 Å². The molecule has 7 nitrogen and oxygen atoms in total. The number of benzene rings is 3. The molecule has 60 heavy (non-hydrogen) atoms. The number of imidazole rings is 1. The van der Waals surface area contributed by atoms with Crippen LogP contribution in [0, 0.1) is 51.6 Å². The number of furan rings is 1. The quantitative estimate of drug-likeness (QED) is 0.117. The van der Waals surface area contributed by atoms with Gasteiger partial charge in [0, 0.05) is 55.0 Å². The summed E-state index contributed by atoms with van der Waals surface area (Å²) in [5.41, 5.74) is 15.1. The Hall–Kier alpha value is -5.67. The Kier molecular flexibility index (Phi) is 12.1. The van der Waals surface area contributed by atoms with Gasteiger partial charge in [-0.05, 0) is 110 Å². The van der Waals surface area contributed by atoms with Gasteiger partial charge < -0.3 is 14.0 Å². The first-order chi connectivity index (χ1) is 28.2. The van der Waals surface area contributed by atoms with Crippen molar-refractivity contribution in [1.29, 1.82) is 0 Å². The van der Waals surface area contributed by atoms with E-state index >= 15 is 0 Å². The average molecular weight is 987 g/mol. The van der Waals surface area contributed by atoms with E-state index in [4.69, 9.17) is 9.40 Å². The molecule has 6 heterocycles. The number of rotatable bonds is 7. The van der Waals surface area contributed by atoms with Crippen LogP contribution in [-0.2, 0) is 26.5 Å². The molecule has 0 saturated carbocycles. The van der Waals surface area contributed by atoms with Crippen LogP contribution < -0.4 is 5.19 Å². The average Bonchev–Trinajstić information content (AvgIpc) is 3.75. The number of halogens is 1. The van der Waals surface area contributed by atoms with Gasteiger partial charge >= 0.3 is 0 Å². The first kappa shape index (κ1) is 42.5. The van der Waals surface area contributed by atoms with Gasteiger partial charge in [0.25, 0.3) is 0 Å². The maximum absolute atomic E-state index is 13.0. The van der Waals surface area contributed by atoms with Gasteiger partial charge in [-0.2, -0.15) is 0 Å². The number of hydrogen-bond donors (Lipinski definition) is 0. The summed E-state index contributed by atoms with van der Waals surface area (Å²) < 4.78 is 21.5. The Balaban J connectivity index is 0.000000212. The van der Waals surface area contributed by atoms with Crippen LogP contribution in [0.3, 0.4) is 0 Å². The minimum absolute atomic E-state index is 0. The molecule has 1 radical (unpaired) electrons. The maximum Gasteiger partial charge on any atom is 0.215 e. The van der Waals surface area contributed by atoms with Crippen LogP contribution in [0.4, 0.5) is 4.39 Å². The van der Waals surface area contributed by atoms with Gasteiger partial charge in [0.05, 0.1) is 41.8 Å². The van der Waals surface area contributed by atoms with Crippen molar-refractivity contribution in [3.63, 3.8) is 0 Å². The topological polar surface area (TPSA) is 82.5 Å². The second kappa shape index (κ2) is 17.1. The van der Waals surface area contributed by atoms with Gasteiger partial charge in [0.2, 0.25) is 5.71 Å². The first-order valence-corrected chi connectivity index (χ1v) is 23.5. The molecule has 0 amide bonds. The van der Waals surface area contributed by atoms with Crippen molar-refractivity contribution in [2.75, 3.05) is 0 Å². The molecule has 0 spiro atoms. The molecule has 0 aliphatic rings. The fourth-order valence-corrected chi connectivity index (χ4v) is 9.41. The maximum atomic E-state index is 13.0. The zero-order valence-corrected chi connectivity index (χ0v) is 38.8. The number of nitrogens with zero attached hydrogens (tertiary/aromatic N) is 6. The standard InChI is InChI=1S/C32H24N5O.C18H23FNSi.Ir/c1-18-14-23(22-8-6-5-7-9-22)15-19(2)29(18)37-27-17-34-21(4)16-26(27)36-31(37)25-12-13-33-28-24-11-10-20(3)35-32(24)38-30(25)28;1-13(2)10-15-11-17(14-6-8-16(19)9-7-14)20-12-18(15)21(3,4)5;/h5-11,13-17H,1-4H3;6,8-9,11-13H,10H2,1-5H3;/q2*-1;. The number of aromatic nitrogens is 6. The number of hydrogen-bond acceptors (Lipinski definition) is 6. The van der Waals surface area contributed by atoms with Crippen LogP contribution in [0.2, 0.25) is 19.6 Å². The van der Waals surface area contributed by atoms with Crippen molar-refractivity contribution >= 4 is 46.5 Å². The van der Waals surface area contributed by atoms with Crippen molar-refractivity contribution in [3.8, 4) is 39.5 Å². The molecule has 0 saturated heterocycles. The third-order valence-corrected chi connectivity index (χ3v) is 12.6. The monoisotopic (exact) mass is 987 g/mol. The van der Waals surface area contributed by atoms with E-state index in [1.54, 1.807) is 12.3 Å². The number of fused-ring (bicyclic) bond motifs is 4. The third-order valence-electron chi connectivity index (χ3n) is 10.5. The van der Waals surface area contributed by atoms with Crippen LogP contribution in [0.5, 0.6) is 0 Å². The molecule has 0 atom stereocenters. The first-order valence-electron chi connectivity index (χ1n) is 20.0.